The van der Waals surface area contributed by atoms with Gasteiger partial charge < -0.3 is 10.6 Å². The van der Waals surface area contributed by atoms with Crippen LogP contribution in [0.3, 0.4) is 0 Å². The number of amides is 1. The van der Waals surface area contributed by atoms with Gasteiger partial charge in [-0.1, -0.05) is 6.42 Å². The number of nitrogens with two attached hydrogens (primary N) is 1. The van der Waals surface area contributed by atoms with E-state index in [4.69, 9.17) is 10.8 Å². The zero-order chi connectivity index (χ0) is 22.1. The number of hydrogen-bond acceptors (Lipinski definition) is 6. The Morgan fingerprint density at radius 1 is 1.22 bits per heavy atom. The lowest BCUT2D eigenvalue weighted by Gasteiger charge is -2.27. The summed E-state index contributed by atoms with van der Waals surface area (Å²) in [5, 5.41) is 6.13. The topological polar surface area (TPSA) is 105 Å². The second kappa shape index (κ2) is 8.19. The van der Waals surface area contributed by atoms with Crippen LogP contribution in [0.15, 0.2) is 76.4 Å². The molecule has 1 fully saturated rings. The van der Waals surface area contributed by atoms with Crippen LogP contribution < -0.4 is 16.5 Å². The Hall–Kier alpha value is -3.53. The van der Waals surface area contributed by atoms with E-state index in [9.17, 15) is 9.18 Å². The number of allylic oxidation sites excluding steroid dienone is 1. The van der Waals surface area contributed by atoms with E-state index in [0.29, 0.717) is 11.4 Å². The highest BCUT2D eigenvalue weighted by Gasteiger charge is 2.45. The highest BCUT2D eigenvalue weighted by atomic mass is 19.1. The molecular formula is C23H23FN7O+. The molecule has 1 aromatic carbocycles. The van der Waals surface area contributed by atoms with Gasteiger partial charge in [-0.05, 0) is 49.7 Å². The van der Waals surface area contributed by atoms with Gasteiger partial charge in [-0.2, -0.15) is 10.8 Å². The SMILES string of the molecule is N[N+]12C=CN=CC1=C(C1CCCCN1)N=C2c1ccc(C(=O)Nc2cc(F)ccn2)cc1. The largest absolute Gasteiger partial charge is 0.308 e. The number of hydrogen-bond donors (Lipinski definition) is 3. The molecule has 2 aromatic rings. The number of benzene rings is 1. The fraction of sp³-hybridized carbons (Fsp3) is 0.217. The molecule has 8 nitrogen and oxygen atoms in total. The molecule has 0 saturated carbocycles. The molecule has 3 aliphatic rings. The van der Waals surface area contributed by atoms with Crippen molar-refractivity contribution in [3.05, 3.63) is 83.3 Å². The van der Waals surface area contributed by atoms with Crippen molar-refractivity contribution in [2.24, 2.45) is 15.8 Å². The lowest BCUT2D eigenvalue weighted by Crippen LogP contribution is -2.53. The van der Waals surface area contributed by atoms with Gasteiger partial charge in [0.2, 0.25) is 5.70 Å². The van der Waals surface area contributed by atoms with E-state index in [-0.39, 0.29) is 22.4 Å². The van der Waals surface area contributed by atoms with E-state index in [1.54, 1.807) is 30.7 Å². The Labute approximate surface area is 184 Å². The monoisotopic (exact) mass is 432 g/mol. The first-order valence-corrected chi connectivity index (χ1v) is 10.5. The van der Waals surface area contributed by atoms with Crippen LogP contribution in [0.2, 0.25) is 0 Å². The summed E-state index contributed by atoms with van der Waals surface area (Å²) in [4.78, 5) is 25.7. The van der Waals surface area contributed by atoms with Crippen molar-refractivity contribution < 1.29 is 13.8 Å². The van der Waals surface area contributed by atoms with Crippen LogP contribution in [-0.2, 0) is 0 Å². The normalized spacial score (nSPS) is 24.3. The second-order valence-corrected chi connectivity index (χ2v) is 7.95. The number of nitrogens with one attached hydrogen (secondary N) is 2. The number of pyridine rings is 1. The van der Waals surface area contributed by atoms with Gasteiger partial charge in [-0.25, -0.2) is 9.37 Å². The molecule has 1 saturated heterocycles. The van der Waals surface area contributed by atoms with Gasteiger partial charge in [-0.3, -0.25) is 9.79 Å². The quantitative estimate of drug-likeness (QED) is 0.510. The molecule has 2 unspecified atom stereocenters. The molecule has 5 rings (SSSR count). The highest BCUT2D eigenvalue weighted by Crippen LogP contribution is 2.34. The minimum absolute atomic E-state index is 0.0598. The van der Waals surface area contributed by atoms with Gasteiger partial charge >= 0.3 is 0 Å². The predicted octanol–water partition coefficient (Wildman–Crippen LogP) is 2.83. The summed E-state index contributed by atoms with van der Waals surface area (Å²) in [6.07, 6.45) is 9.84. The number of rotatable bonds is 4. The zero-order valence-electron chi connectivity index (χ0n) is 17.3. The van der Waals surface area contributed by atoms with Crippen LogP contribution in [0.4, 0.5) is 10.2 Å². The van der Waals surface area contributed by atoms with Gasteiger partial charge in [0.05, 0.1) is 24.0 Å². The summed E-state index contributed by atoms with van der Waals surface area (Å²) in [6, 6.07) is 9.53. The molecule has 0 spiro atoms. The molecular weight excluding hydrogens is 409 g/mol. The van der Waals surface area contributed by atoms with E-state index in [0.717, 1.165) is 42.8 Å². The first kappa shape index (κ1) is 20.4. The summed E-state index contributed by atoms with van der Waals surface area (Å²) in [5.74, 6) is 6.75. The number of nitrogens with zero attached hydrogens (tertiary/aromatic N) is 4. The lowest BCUT2D eigenvalue weighted by molar-refractivity contribution is -0.750. The maximum Gasteiger partial charge on any atom is 0.264 e. The number of anilines is 1. The Balaban J connectivity index is 1.41. The molecule has 4 heterocycles. The van der Waals surface area contributed by atoms with Crippen molar-refractivity contribution in [3.8, 4) is 0 Å². The standard InChI is InChI=1S/C23H22FN7O/c24-17-8-10-28-20(13-17)29-23(32)16-6-4-15(5-7-16)22-30-21(18-3-1-2-9-27-18)19-14-26-11-12-31(19,22)25/h4-8,10-14,18,27H,1-3,9,25H2/p+1. The molecule has 1 amide bonds. The smallest absolute Gasteiger partial charge is 0.264 e. The Morgan fingerprint density at radius 2 is 2.06 bits per heavy atom. The number of fused-ring (bicyclic) bond motifs is 1. The number of carbonyl (C=O) groups excluding carboxylic acids is 1. The van der Waals surface area contributed by atoms with Gasteiger partial charge in [-0.15, -0.1) is 4.59 Å². The van der Waals surface area contributed by atoms with Crippen LogP contribution in [0.5, 0.6) is 0 Å². The third-order valence-corrected chi connectivity index (χ3v) is 5.83. The van der Waals surface area contributed by atoms with E-state index in [1.165, 1.54) is 18.3 Å². The van der Waals surface area contributed by atoms with Crippen LogP contribution >= 0.6 is 0 Å². The van der Waals surface area contributed by atoms with Crippen molar-refractivity contribution in [2.75, 3.05) is 11.9 Å². The molecule has 1 aromatic heterocycles. The van der Waals surface area contributed by atoms with Gasteiger partial charge in [0.25, 0.3) is 11.7 Å². The number of amidine groups is 1. The number of aliphatic imine (C=N–C) groups is 2. The Kier molecular flexibility index (Phi) is 5.22. The molecule has 4 N–H and O–H groups in total. The maximum absolute atomic E-state index is 13.3. The van der Waals surface area contributed by atoms with E-state index < -0.39 is 5.82 Å². The van der Waals surface area contributed by atoms with Crippen LogP contribution in [0, 0.1) is 5.82 Å². The number of carbonyl (C=O) groups is 1. The minimum atomic E-state index is -0.466. The lowest BCUT2D eigenvalue weighted by atomic mass is 10.0. The molecule has 9 heteroatoms. The third-order valence-electron chi connectivity index (χ3n) is 5.83. The zero-order valence-corrected chi connectivity index (χ0v) is 17.3. The minimum Gasteiger partial charge on any atom is -0.308 e. The molecule has 0 aliphatic carbocycles. The second-order valence-electron chi connectivity index (χ2n) is 7.95. The molecule has 3 aliphatic heterocycles. The highest BCUT2D eigenvalue weighted by molar-refractivity contribution is 6.05. The van der Waals surface area contributed by atoms with E-state index in [2.05, 4.69) is 20.6 Å². The van der Waals surface area contributed by atoms with Gasteiger partial charge in [0.1, 0.15) is 23.5 Å². The number of aromatic nitrogens is 1. The van der Waals surface area contributed by atoms with Crippen molar-refractivity contribution in [1.29, 1.82) is 0 Å². The van der Waals surface area contributed by atoms with E-state index in [1.807, 2.05) is 12.1 Å². The van der Waals surface area contributed by atoms with Crippen molar-refractivity contribution >= 4 is 23.8 Å². The third kappa shape index (κ3) is 3.66. The fourth-order valence-electron chi connectivity index (χ4n) is 4.18. The van der Waals surface area contributed by atoms with Crippen molar-refractivity contribution in [3.63, 3.8) is 0 Å². The average Bonchev–Trinajstić information content (AvgIpc) is 3.13. The predicted molar refractivity (Wildman–Crippen MR) is 120 cm³/mol. The van der Waals surface area contributed by atoms with Crippen LogP contribution in [-0.4, -0.2) is 40.1 Å². The van der Waals surface area contributed by atoms with Crippen LogP contribution in [0.1, 0.15) is 35.2 Å². The Bertz CT molecular complexity index is 1180. The van der Waals surface area contributed by atoms with Crippen LogP contribution in [0.25, 0.3) is 0 Å². The summed E-state index contributed by atoms with van der Waals surface area (Å²) >= 11 is 0. The Morgan fingerprint density at radius 3 is 2.81 bits per heavy atom. The maximum atomic E-state index is 13.3. The molecule has 0 radical (unpaired) electrons. The van der Waals surface area contributed by atoms with Crippen molar-refractivity contribution in [1.82, 2.24) is 10.3 Å². The first-order chi connectivity index (χ1) is 15.5. The summed E-state index contributed by atoms with van der Waals surface area (Å²) in [7, 11) is 0. The number of halogens is 1. The molecule has 32 heavy (non-hydrogen) atoms. The summed E-state index contributed by atoms with van der Waals surface area (Å²) in [6.45, 7) is 0.952. The summed E-state index contributed by atoms with van der Waals surface area (Å²) < 4.78 is 13.3. The summed E-state index contributed by atoms with van der Waals surface area (Å²) in [5.41, 5.74) is 2.98. The molecule has 162 valence electrons. The number of piperidine rings is 1. The van der Waals surface area contributed by atoms with Gasteiger partial charge in [0, 0.05) is 17.8 Å². The number of quaternary nitrogens is 1. The fourth-order valence-corrected chi connectivity index (χ4v) is 4.18. The average molecular weight is 432 g/mol. The first-order valence-electron chi connectivity index (χ1n) is 10.5. The molecule has 2 atom stereocenters. The van der Waals surface area contributed by atoms with Gasteiger partial charge in [0.15, 0.2) is 0 Å². The van der Waals surface area contributed by atoms with E-state index >= 15 is 0 Å². The molecule has 0 bridgehead atoms. The van der Waals surface area contributed by atoms with Crippen molar-refractivity contribution in [2.45, 2.75) is 25.3 Å².